The Labute approximate surface area is 126 Å². The molecule has 1 fully saturated rings. The molecule has 1 saturated heterocycles. The first-order chi connectivity index (χ1) is 9.79. The lowest BCUT2D eigenvalue weighted by Gasteiger charge is -2.35. The maximum absolute atomic E-state index is 11.5. The zero-order chi connectivity index (χ0) is 15.6. The van der Waals surface area contributed by atoms with Gasteiger partial charge in [0.05, 0.1) is 11.4 Å². The highest BCUT2D eigenvalue weighted by atomic mass is 32.2. The van der Waals surface area contributed by atoms with Crippen molar-refractivity contribution in [2.75, 3.05) is 44.4 Å². The molecule has 0 unspecified atom stereocenters. The van der Waals surface area contributed by atoms with E-state index in [2.05, 4.69) is 23.9 Å². The molecule has 6 nitrogen and oxygen atoms in total. The Morgan fingerprint density at radius 3 is 2.43 bits per heavy atom. The van der Waals surface area contributed by atoms with Crippen LogP contribution in [0.4, 0.5) is 11.4 Å². The smallest absolute Gasteiger partial charge is 0.240 e. The van der Waals surface area contributed by atoms with Gasteiger partial charge in [-0.25, -0.2) is 13.6 Å². The molecule has 7 heteroatoms. The fourth-order valence-corrected chi connectivity index (χ4v) is 3.61. The Kier molecular flexibility index (Phi) is 4.75. The van der Waals surface area contributed by atoms with E-state index in [9.17, 15) is 8.42 Å². The van der Waals surface area contributed by atoms with Crippen molar-refractivity contribution in [2.45, 2.75) is 17.7 Å². The number of nitrogens with two attached hydrogens (primary N) is 2. The summed E-state index contributed by atoms with van der Waals surface area (Å²) in [5.41, 5.74) is 7.03. The van der Waals surface area contributed by atoms with Gasteiger partial charge in [-0.05, 0) is 45.0 Å². The van der Waals surface area contributed by atoms with Crippen LogP contribution in [0.25, 0.3) is 0 Å². The highest BCUT2D eigenvalue weighted by Crippen LogP contribution is 2.32. The minimum Gasteiger partial charge on any atom is -0.396 e. The topological polar surface area (TPSA) is 92.7 Å². The van der Waals surface area contributed by atoms with Crippen LogP contribution in [0.15, 0.2) is 23.1 Å². The van der Waals surface area contributed by atoms with Crippen LogP contribution in [-0.4, -0.2) is 47.0 Å². The number of sulfonamides is 1. The van der Waals surface area contributed by atoms with Gasteiger partial charge < -0.3 is 15.5 Å². The van der Waals surface area contributed by atoms with E-state index >= 15 is 0 Å². The normalized spacial score (nSPS) is 17.4. The Hall–Kier alpha value is -1.31. The Balaban J connectivity index is 2.14. The number of rotatable bonds is 4. The number of hydrogen-bond donors (Lipinski definition) is 2. The van der Waals surface area contributed by atoms with Crippen molar-refractivity contribution in [3.05, 3.63) is 18.2 Å². The van der Waals surface area contributed by atoms with E-state index in [-0.39, 0.29) is 10.6 Å². The van der Waals surface area contributed by atoms with Crippen LogP contribution in [0.3, 0.4) is 0 Å². The van der Waals surface area contributed by atoms with E-state index in [4.69, 9.17) is 10.9 Å². The molecule has 0 amide bonds. The van der Waals surface area contributed by atoms with E-state index in [0.717, 1.165) is 38.2 Å². The maximum atomic E-state index is 11.5. The van der Waals surface area contributed by atoms with Gasteiger partial charge in [-0.2, -0.15) is 0 Å². The number of anilines is 2. The average Bonchev–Trinajstić information content (AvgIpc) is 2.38. The molecule has 0 bridgehead atoms. The molecule has 1 aromatic carbocycles. The third-order valence-electron chi connectivity index (χ3n) is 3.93. The van der Waals surface area contributed by atoms with Gasteiger partial charge in [0, 0.05) is 19.6 Å². The SMILES string of the molecule is CN(C)CC1CCN(c2cccc(S(N)(=O)=O)c2N)CC1. The molecule has 1 aliphatic rings. The molecule has 0 saturated carbocycles. The van der Waals surface area contributed by atoms with Crippen molar-refractivity contribution in [3.8, 4) is 0 Å². The summed E-state index contributed by atoms with van der Waals surface area (Å²) in [6.07, 6.45) is 2.16. The number of para-hydroxylation sites is 1. The summed E-state index contributed by atoms with van der Waals surface area (Å²) < 4.78 is 23.1. The fourth-order valence-electron chi connectivity index (χ4n) is 2.93. The molecule has 0 atom stereocenters. The molecule has 2 rings (SSSR count). The van der Waals surface area contributed by atoms with Crippen LogP contribution in [0, 0.1) is 5.92 Å². The molecule has 0 radical (unpaired) electrons. The Morgan fingerprint density at radius 1 is 1.29 bits per heavy atom. The molecular formula is C14H24N4O2S. The molecule has 21 heavy (non-hydrogen) atoms. The molecule has 1 aromatic rings. The monoisotopic (exact) mass is 312 g/mol. The lowest BCUT2D eigenvalue weighted by molar-refractivity contribution is 0.285. The van der Waals surface area contributed by atoms with Gasteiger partial charge in [0.2, 0.25) is 10.0 Å². The summed E-state index contributed by atoms with van der Waals surface area (Å²) in [6.45, 7) is 2.86. The van der Waals surface area contributed by atoms with E-state index in [1.807, 2.05) is 6.07 Å². The van der Waals surface area contributed by atoms with E-state index < -0.39 is 10.0 Å². The second-order valence-electron chi connectivity index (χ2n) is 5.93. The summed E-state index contributed by atoms with van der Waals surface area (Å²) in [7, 11) is 0.387. The lowest BCUT2D eigenvalue weighted by Crippen LogP contribution is -2.37. The summed E-state index contributed by atoms with van der Waals surface area (Å²) >= 11 is 0. The molecule has 118 valence electrons. The van der Waals surface area contributed by atoms with Gasteiger partial charge in [0.15, 0.2) is 0 Å². The van der Waals surface area contributed by atoms with Crippen LogP contribution in [0.1, 0.15) is 12.8 Å². The third-order valence-corrected chi connectivity index (χ3v) is 4.90. The molecule has 1 heterocycles. The molecule has 0 aliphatic carbocycles. The predicted molar refractivity (Wildman–Crippen MR) is 85.7 cm³/mol. The quantitative estimate of drug-likeness (QED) is 0.798. The second-order valence-corrected chi connectivity index (χ2v) is 7.46. The first-order valence-corrected chi connectivity index (χ1v) is 8.64. The van der Waals surface area contributed by atoms with E-state index in [1.165, 1.54) is 6.07 Å². The molecule has 1 aliphatic heterocycles. The van der Waals surface area contributed by atoms with Gasteiger partial charge >= 0.3 is 0 Å². The number of piperidine rings is 1. The van der Waals surface area contributed by atoms with Crippen molar-refractivity contribution >= 4 is 21.4 Å². The summed E-state index contributed by atoms with van der Waals surface area (Å²) in [5, 5.41) is 5.20. The highest BCUT2D eigenvalue weighted by molar-refractivity contribution is 7.89. The molecule has 0 aromatic heterocycles. The van der Waals surface area contributed by atoms with Gasteiger partial charge in [0.1, 0.15) is 4.90 Å². The minimum absolute atomic E-state index is 0.00964. The fraction of sp³-hybridized carbons (Fsp3) is 0.571. The van der Waals surface area contributed by atoms with E-state index in [1.54, 1.807) is 6.07 Å². The number of nitrogens with zero attached hydrogens (tertiary/aromatic N) is 2. The van der Waals surface area contributed by atoms with Crippen molar-refractivity contribution in [1.82, 2.24) is 4.90 Å². The Morgan fingerprint density at radius 2 is 1.90 bits per heavy atom. The molecular weight excluding hydrogens is 288 g/mol. The van der Waals surface area contributed by atoms with E-state index in [0.29, 0.717) is 5.92 Å². The first kappa shape index (κ1) is 16.1. The van der Waals surface area contributed by atoms with Crippen LogP contribution in [-0.2, 0) is 10.0 Å². The zero-order valence-corrected chi connectivity index (χ0v) is 13.4. The van der Waals surface area contributed by atoms with Gasteiger partial charge in [-0.1, -0.05) is 6.07 Å². The lowest BCUT2D eigenvalue weighted by atomic mass is 9.96. The van der Waals surface area contributed by atoms with Crippen molar-refractivity contribution in [1.29, 1.82) is 0 Å². The minimum atomic E-state index is -3.78. The van der Waals surface area contributed by atoms with Gasteiger partial charge in [0.25, 0.3) is 0 Å². The second kappa shape index (κ2) is 6.21. The predicted octanol–water partition coefficient (Wildman–Crippen LogP) is 0.694. The summed E-state index contributed by atoms with van der Waals surface area (Å²) in [4.78, 5) is 4.36. The molecule has 0 spiro atoms. The average molecular weight is 312 g/mol. The van der Waals surface area contributed by atoms with Crippen LogP contribution in [0.5, 0.6) is 0 Å². The largest absolute Gasteiger partial charge is 0.396 e. The zero-order valence-electron chi connectivity index (χ0n) is 12.6. The number of primary sulfonamides is 1. The Bertz CT molecular complexity index is 593. The molecule has 4 N–H and O–H groups in total. The third kappa shape index (κ3) is 3.87. The van der Waals surface area contributed by atoms with Crippen molar-refractivity contribution in [2.24, 2.45) is 11.1 Å². The number of nitrogen functional groups attached to an aromatic ring is 1. The van der Waals surface area contributed by atoms with Gasteiger partial charge in [-0.3, -0.25) is 0 Å². The van der Waals surface area contributed by atoms with Crippen LogP contribution < -0.4 is 15.8 Å². The van der Waals surface area contributed by atoms with Crippen molar-refractivity contribution in [3.63, 3.8) is 0 Å². The standard InChI is InChI=1S/C14H24N4O2S/c1-17(2)10-11-6-8-18(9-7-11)12-4-3-5-13(14(12)15)21(16,19)20/h3-5,11H,6-10,15H2,1-2H3,(H2,16,19,20). The number of benzene rings is 1. The van der Waals surface area contributed by atoms with Gasteiger partial charge in [-0.15, -0.1) is 0 Å². The maximum Gasteiger partial charge on any atom is 0.240 e. The first-order valence-electron chi connectivity index (χ1n) is 7.10. The van der Waals surface area contributed by atoms with Crippen LogP contribution >= 0.6 is 0 Å². The van der Waals surface area contributed by atoms with Crippen LogP contribution in [0.2, 0.25) is 0 Å². The summed E-state index contributed by atoms with van der Waals surface area (Å²) in [5.74, 6) is 0.680. The number of hydrogen-bond acceptors (Lipinski definition) is 5. The van der Waals surface area contributed by atoms with Crippen molar-refractivity contribution < 1.29 is 8.42 Å². The highest BCUT2D eigenvalue weighted by Gasteiger charge is 2.23. The summed E-state index contributed by atoms with van der Waals surface area (Å²) in [6, 6.07) is 5.00.